The second kappa shape index (κ2) is 11.5. The number of benzene rings is 6. The van der Waals surface area contributed by atoms with Crippen molar-refractivity contribution in [3.63, 3.8) is 0 Å². The molecule has 0 aliphatic carbocycles. The van der Waals surface area contributed by atoms with Gasteiger partial charge in [-0.05, 0) is 58.7 Å². The Bertz CT molecular complexity index is 2320. The van der Waals surface area contributed by atoms with Gasteiger partial charge in [-0.25, -0.2) is 15.0 Å². The molecule has 4 heteroatoms. The van der Waals surface area contributed by atoms with E-state index in [2.05, 4.69) is 91.9 Å². The molecular formula is C42H30N4. The summed E-state index contributed by atoms with van der Waals surface area (Å²) in [4.78, 5) is 20.1. The highest BCUT2D eigenvalue weighted by Gasteiger charge is 2.22. The Morgan fingerprint density at radius 3 is 1.61 bits per heavy atom. The average Bonchev–Trinajstić information content (AvgIpc) is 3.12. The number of hydrogen-bond donors (Lipinski definition) is 0. The van der Waals surface area contributed by atoms with Crippen LogP contribution in [0.4, 0.5) is 0 Å². The maximum Gasteiger partial charge on any atom is 0.164 e. The SMILES string of the molecule is Cc1ccc(-c2c(-c3nc(-c4ccccc4)nc(-c4ccccc4)n3)cccc2-c2cc3ccccc3c3ccccc23)c(C)n1. The summed E-state index contributed by atoms with van der Waals surface area (Å²) in [5.41, 5.74) is 9.12. The van der Waals surface area contributed by atoms with Gasteiger partial charge in [0.25, 0.3) is 0 Å². The molecule has 46 heavy (non-hydrogen) atoms. The lowest BCUT2D eigenvalue weighted by molar-refractivity contribution is 1.07. The van der Waals surface area contributed by atoms with Crippen LogP contribution < -0.4 is 0 Å². The van der Waals surface area contributed by atoms with Gasteiger partial charge in [0.05, 0.1) is 0 Å². The zero-order chi connectivity index (χ0) is 31.0. The zero-order valence-corrected chi connectivity index (χ0v) is 25.6. The second-order valence-electron chi connectivity index (χ2n) is 11.5. The van der Waals surface area contributed by atoms with Crippen molar-refractivity contribution in [2.24, 2.45) is 0 Å². The van der Waals surface area contributed by atoms with Gasteiger partial charge in [0.2, 0.25) is 0 Å². The van der Waals surface area contributed by atoms with Crippen molar-refractivity contribution in [2.75, 3.05) is 0 Å². The predicted octanol–water partition coefficient (Wildman–Crippen LogP) is 10.5. The van der Waals surface area contributed by atoms with Crippen LogP contribution in [-0.2, 0) is 0 Å². The molecule has 0 unspecified atom stereocenters. The summed E-state index contributed by atoms with van der Waals surface area (Å²) >= 11 is 0. The minimum absolute atomic E-state index is 0.620. The molecule has 0 saturated carbocycles. The van der Waals surface area contributed by atoms with Crippen molar-refractivity contribution in [1.29, 1.82) is 0 Å². The first kappa shape index (κ1) is 27.5. The molecule has 2 aromatic heterocycles. The number of hydrogen-bond acceptors (Lipinski definition) is 4. The fourth-order valence-electron chi connectivity index (χ4n) is 6.41. The van der Waals surface area contributed by atoms with Gasteiger partial charge >= 0.3 is 0 Å². The van der Waals surface area contributed by atoms with Crippen LogP contribution in [0.25, 0.3) is 78.0 Å². The molecule has 218 valence electrons. The number of aromatic nitrogens is 4. The van der Waals surface area contributed by atoms with Gasteiger partial charge in [-0.15, -0.1) is 0 Å². The molecule has 0 radical (unpaired) electrons. The third-order valence-corrected chi connectivity index (χ3v) is 8.56. The fourth-order valence-corrected chi connectivity index (χ4v) is 6.41. The van der Waals surface area contributed by atoms with E-state index in [1.54, 1.807) is 0 Å². The Labute approximate surface area is 268 Å². The van der Waals surface area contributed by atoms with E-state index >= 15 is 0 Å². The van der Waals surface area contributed by atoms with Crippen molar-refractivity contribution < 1.29 is 0 Å². The molecule has 0 amide bonds. The van der Waals surface area contributed by atoms with Crippen molar-refractivity contribution in [3.8, 4) is 56.4 Å². The third kappa shape index (κ3) is 4.90. The van der Waals surface area contributed by atoms with E-state index in [1.165, 1.54) is 21.5 Å². The Morgan fingerprint density at radius 1 is 0.370 bits per heavy atom. The molecule has 0 aliphatic heterocycles. The van der Waals surface area contributed by atoms with E-state index < -0.39 is 0 Å². The second-order valence-corrected chi connectivity index (χ2v) is 11.5. The standard InChI is InChI=1S/C42H30N4/c1-27-24-25-32(28(2)43-27)39-36(38-26-31-18-9-10-19-33(31)34-20-11-12-21-35(34)38)22-13-23-37(39)42-45-40(29-14-5-3-6-15-29)44-41(46-42)30-16-7-4-8-17-30/h3-26H,1-2H3. The molecule has 8 rings (SSSR count). The minimum atomic E-state index is 0.620. The molecule has 0 bridgehead atoms. The van der Waals surface area contributed by atoms with E-state index in [4.69, 9.17) is 19.9 Å². The molecule has 0 saturated heterocycles. The van der Waals surface area contributed by atoms with Crippen LogP contribution in [0.2, 0.25) is 0 Å². The Balaban J connectivity index is 1.47. The minimum Gasteiger partial charge on any atom is -0.258 e. The molecule has 0 atom stereocenters. The van der Waals surface area contributed by atoms with Gasteiger partial charge in [-0.3, -0.25) is 4.98 Å². The molecular weight excluding hydrogens is 560 g/mol. The third-order valence-electron chi connectivity index (χ3n) is 8.56. The summed E-state index contributed by atoms with van der Waals surface area (Å²) in [7, 11) is 0. The highest BCUT2D eigenvalue weighted by atomic mass is 15.0. The fraction of sp³-hybridized carbons (Fsp3) is 0.0476. The van der Waals surface area contributed by atoms with Crippen LogP contribution in [0, 0.1) is 13.8 Å². The van der Waals surface area contributed by atoms with Crippen LogP contribution in [0.5, 0.6) is 0 Å². The van der Waals surface area contributed by atoms with Crippen LogP contribution in [-0.4, -0.2) is 19.9 Å². The largest absolute Gasteiger partial charge is 0.258 e. The van der Waals surface area contributed by atoms with Crippen molar-refractivity contribution in [3.05, 3.63) is 157 Å². The van der Waals surface area contributed by atoms with Gasteiger partial charge in [-0.1, -0.05) is 133 Å². The molecule has 8 aromatic rings. The first-order valence-electron chi connectivity index (χ1n) is 15.5. The molecule has 0 N–H and O–H groups in total. The van der Waals surface area contributed by atoms with Gasteiger partial charge in [0.15, 0.2) is 17.5 Å². The highest BCUT2D eigenvalue weighted by Crippen LogP contribution is 2.44. The topological polar surface area (TPSA) is 51.6 Å². The van der Waals surface area contributed by atoms with E-state index in [0.717, 1.165) is 50.3 Å². The summed E-state index contributed by atoms with van der Waals surface area (Å²) < 4.78 is 0. The molecule has 0 aliphatic rings. The van der Waals surface area contributed by atoms with Gasteiger partial charge in [-0.2, -0.15) is 0 Å². The molecule has 0 spiro atoms. The monoisotopic (exact) mass is 590 g/mol. The Morgan fingerprint density at radius 2 is 0.935 bits per heavy atom. The molecule has 0 fully saturated rings. The van der Waals surface area contributed by atoms with E-state index in [-0.39, 0.29) is 0 Å². The van der Waals surface area contributed by atoms with Crippen LogP contribution >= 0.6 is 0 Å². The van der Waals surface area contributed by atoms with Gasteiger partial charge in [0, 0.05) is 39.2 Å². The first-order chi connectivity index (χ1) is 22.6. The van der Waals surface area contributed by atoms with Crippen LogP contribution in [0.3, 0.4) is 0 Å². The highest BCUT2D eigenvalue weighted by molar-refractivity contribution is 6.15. The van der Waals surface area contributed by atoms with Gasteiger partial charge in [0.1, 0.15) is 0 Å². The molecule has 6 aromatic carbocycles. The molecule has 2 heterocycles. The van der Waals surface area contributed by atoms with Crippen molar-refractivity contribution in [2.45, 2.75) is 13.8 Å². The smallest absolute Gasteiger partial charge is 0.164 e. The number of aryl methyl sites for hydroxylation is 2. The average molecular weight is 591 g/mol. The number of fused-ring (bicyclic) bond motifs is 3. The first-order valence-corrected chi connectivity index (χ1v) is 15.5. The lowest BCUT2D eigenvalue weighted by atomic mass is 9.86. The maximum absolute atomic E-state index is 5.14. The van der Waals surface area contributed by atoms with Gasteiger partial charge < -0.3 is 0 Å². The lowest BCUT2D eigenvalue weighted by Gasteiger charge is -2.19. The van der Waals surface area contributed by atoms with Crippen molar-refractivity contribution >= 4 is 21.5 Å². The lowest BCUT2D eigenvalue weighted by Crippen LogP contribution is -2.02. The van der Waals surface area contributed by atoms with E-state index in [1.807, 2.05) is 67.6 Å². The van der Waals surface area contributed by atoms with E-state index in [9.17, 15) is 0 Å². The number of nitrogens with zero attached hydrogens (tertiary/aromatic N) is 4. The van der Waals surface area contributed by atoms with E-state index in [0.29, 0.717) is 17.5 Å². The summed E-state index contributed by atoms with van der Waals surface area (Å²) in [5.74, 6) is 1.89. The number of rotatable bonds is 5. The summed E-state index contributed by atoms with van der Waals surface area (Å²) in [5, 5.41) is 4.86. The zero-order valence-electron chi connectivity index (χ0n) is 25.6. The Kier molecular flexibility index (Phi) is 6.88. The normalized spacial score (nSPS) is 11.3. The predicted molar refractivity (Wildman–Crippen MR) is 189 cm³/mol. The maximum atomic E-state index is 5.14. The molecule has 4 nitrogen and oxygen atoms in total. The Hall–Kier alpha value is -6.00. The summed E-state index contributed by atoms with van der Waals surface area (Å²) in [6, 6.07) is 50.5. The van der Waals surface area contributed by atoms with Crippen LogP contribution in [0.15, 0.2) is 146 Å². The quantitative estimate of drug-likeness (QED) is 0.187. The van der Waals surface area contributed by atoms with Crippen LogP contribution in [0.1, 0.15) is 11.4 Å². The van der Waals surface area contributed by atoms with Crippen molar-refractivity contribution in [1.82, 2.24) is 19.9 Å². The summed E-state index contributed by atoms with van der Waals surface area (Å²) in [6.45, 7) is 4.12. The number of pyridine rings is 1. The summed E-state index contributed by atoms with van der Waals surface area (Å²) in [6.07, 6.45) is 0.